The highest BCUT2D eigenvalue weighted by molar-refractivity contribution is 5.88. The minimum atomic E-state index is -0.906. The predicted octanol–water partition coefficient (Wildman–Crippen LogP) is 0.724. The number of fused-ring (bicyclic) bond motifs is 2. The van der Waals surface area contributed by atoms with Crippen molar-refractivity contribution in [3.63, 3.8) is 0 Å². The molecule has 4 heteroatoms. The molecule has 9 unspecified atom stereocenters. The van der Waals surface area contributed by atoms with Gasteiger partial charge in [-0.05, 0) is 60.2 Å². The van der Waals surface area contributed by atoms with E-state index < -0.39 is 11.5 Å². The molecular weight excluding hydrogens is 230 g/mol. The van der Waals surface area contributed by atoms with Gasteiger partial charge in [0.25, 0.3) is 0 Å². The average molecular weight is 247 g/mol. The van der Waals surface area contributed by atoms with Gasteiger partial charge in [0.05, 0.1) is 0 Å². The number of amides is 1. The van der Waals surface area contributed by atoms with E-state index in [1.807, 2.05) is 0 Å². The summed E-state index contributed by atoms with van der Waals surface area (Å²) >= 11 is 0. The monoisotopic (exact) mass is 247 g/mol. The molecular formula is C14H17NO3. The van der Waals surface area contributed by atoms with E-state index in [2.05, 4.69) is 5.32 Å². The van der Waals surface area contributed by atoms with Crippen molar-refractivity contribution in [3.8, 4) is 0 Å². The molecule has 2 N–H and O–H groups in total. The van der Waals surface area contributed by atoms with Crippen molar-refractivity contribution in [1.29, 1.82) is 0 Å². The van der Waals surface area contributed by atoms with Gasteiger partial charge in [0, 0.05) is 6.92 Å². The van der Waals surface area contributed by atoms with Crippen LogP contribution in [0.25, 0.3) is 0 Å². The van der Waals surface area contributed by atoms with Crippen LogP contribution < -0.4 is 5.32 Å². The van der Waals surface area contributed by atoms with Crippen molar-refractivity contribution in [2.24, 2.45) is 47.3 Å². The second-order valence-corrected chi connectivity index (χ2v) is 7.19. The summed E-state index contributed by atoms with van der Waals surface area (Å²) in [6.45, 7) is 1.46. The van der Waals surface area contributed by atoms with E-state index in [0.717, 1.165) is 11.8 Å². The Hall–Kier alpha value is -1.06. The molecule has 5 aliphatic carbocycles. The Bertz CT molecular complexity index is 497. The molecule has 18 heavy (non-hydrogen) atoms. The molecule has 5 rings (SSSR count). The van der Waals surface area contributed by atoms with Crippen molar-refractivity contribution >= 4 is 11.9 Å². The Balaban J connectivity index is 1.71. The first-order valence-corrected chi connectivity index (χ1v) is 7.09. The van der Waals surface area contributed by atoms with E-state index in [4.69, 9.17) is 0 Å². The number of nitrogens with one attached hydrogen (secondary N) is 1. The van der Waals surface area contributed by atoms with Gasteiger partial charge in [-0.1, -0.05) is 0 Å². The van der Waals surface area contributed by atoms with Crippen LogP contribution in [0.15, 0.2) is 0 Å². The maximum absolute atomic E-state index is 12.0. The highest BCUT2D eigenvalue weighted by atomic mass is 16.4. The fourth-order valence-corrected chi connectivity index (χ4v) is 7.39. The molecule has 5 fully saturated rings. The number of hydrogen-bond acceptors (Lipinski definition) is 2. The van der Waals surface area contributed by atoms with E-state index in [0.29, 0.717) is 23.7 Å². The largest absolute Gasteiger partial charge is 0.479 e. The van der Waals surface area contributed by atoms with Gasteiger partial charge in [0.2, 0.25) is 5.91 Å². The molecule has 0 radical (unpaired) electrons. The van der Waals surface area contributed by atoms with Crippen molar-refractivity contribution < 1.29 is 14.7 Å². The quantitative estimate of drug-likeness (QED) is 0.755. The second-order valence-electron chi connectivity index (χ2n) is 7.19. The van der Waals surface area contributed by atoms with E-state index in [9.17, 15) is 14.7 Å². The molecule has 5 aliphatic rings. The standard InChI is InChI=1S/C14H17NO3/c1-4(16)15-14(13(17)18)11-6-3-7-9-5(6)2-8(11)10(9)12(7)14/h5-12H,2-3H2,1H3,(H,15,16)(H,17,18). The fraction of sp³-hybridized carbons (Fsp3) is 0.857. The summed E-state index contributed by atoms with van der Waals surface area (Å²) in [4.78, 5) is 23.5. The highest BCUT2D eigenvalue weighted by Gasteiger charge is 2.86. The summed E-state index contributed by atoms with van der Waals surface area (Å²) in [6.07, 6.45) is 2.48. The maximum Gasteiger partial charge on any atom is 0.330 e. The van der Waals surface area contributed by atoms with Crippen LogP contribution in [-0.2, 0) is 9.59 Å². The van der Waals surface area contributed by atoms with Crippen molar-refractivity contribution in [2.45, 2.75) is 25.3 Å². The third kappa shape index (κ3) is 0.668. The van der Waals surface area contributed by atoms with Crippen LogP contribution in [-0.4, -0.2) is 22.5 Å². The van der Waals surface area contributed by atoms with E-state index >= 15 is 0 Å². The van der Waals surface area contributed by atoms with Gasteiger partial charge in [-0.25, -0.2) is 4.79 Å². The van der Waals surface area contributed by atoms with Crippen LogP contribution in [0, 0.1) is 47.3 Å². The summed E-state index contributed by atoms with van der Waals surface area (Å²) < 4.78 is 0. The van der Waals surface area contributed by atoms with Gasteiger partial charge in [0.1, 0.15) is 5.54 Å². The van der Waals surface area contributed by atoms with Gasteiger partial charge in [-0.3, -0.25) is 4.79 Å². The topological polar surface area (TPSA) is 66.4 Å². The molecule has 9 atom stereocenters. The molecule has 96 valence electrons. The Labute approximate surface area is 105 Å². The minimum Gasteiger partial charge on any atom is -0.479 e. The average Bonchev–Trinajstić information content (AvgIpc) is 2.75. The molecule has 0 aromatic heterocycles. The summed E-state index contributed by atoms with van der Waals surface area (Å²) in [7, 11) is 0. The lowest BCUT2D eigenvalue weighted by molar-refractivity contribution is -0.159. The summed E-state index contributed by atoms with van der Waals surface area (Å²) in [5, 5.41) is 12.7. The lowest BCUT2D eigenvalue weighted by Gasteiger charge is -2.52. The summed E-state index contributed by atoms with van der Waals surface area (Å²) in [6, 6.07) is 0. The molecule has 2 bridgehead atoms. The van der Waals surface area contributed by atoms with E-state index in [-0.39, 0.29) is 17.7 Å². The normalized spacial score (nSPS) is 64.3. The molecule has 0 aromatic carbocycles. The van der Waals surface area contributed by atoms with Crippen LogP contribution in [0.3, 0.4) is 0 Å². The number of carboxylic acids is 1. The zero-order valence-electron chi connectivity index (χ0n) is 10.3. The van der Waals surface area contributed by atoms with Crippen molar-refractivity contribution in [2.75, 3.05) is 0 Å². The number of rotatable bonds is 2. The SMILES string of the molecule is CC(=O)NC1(C(=O)O)C2C3CC4C5C3CC2C5C41. The molecule has 0 heterocycles. The molecule has 1 amide bonds. The van der Waals surface area contributed by atoms with Crippen molar-refractivity contribution in [3.05, 3.63) is 0 Å². The molecule has 4 nitrogen and oxygen atoms in total. The number of hydrogen-bond donors (Lipinski definition) is 2. The summed E-state index contributed by atoms with van der Waals surface area (Å²) in [5.74, 6) is 3.53. The number of carboxylic acid groups (broad SMARTS) is 1. The first-order valence-electron chi connectivity index (χ1n) is 7.09. The number of carbonyl (C=O) groups is 2. The van der Waals surface area contributed by atoms with Gasteiger partial charge in [-0.15, -0.1) is 0 Å². The molecule has 5 saturated carbocycles. The maximum atomic E-state index is 12.0. The Morgan fingerprint density at radius 2 is 1.72 bits per heavy atom. The minimum absolute atomic E-state index is 0.176. The van der Waals surface area contributed by atoms with Crippen LogP contribution in [0.1, 0.15) is 19.8 Å². The smallest absolute Gasteiger partial charge is 0.330 e. The molecule has 0 aliphatic heterocycles. The Kier molecular flexibility index (Phi) is 1.35. The van der Waals surface area contributed by atoms with Crippen LogP contribution in [0.5, 0.6) is 0 Å². The molecule has 0 spiro atoms. The van der Waals surface area contributed by atoms with E-state index in [1.165, 1.54) is 19.8 Å². The third-order valence-electron chi connectivity index (χ3n) is 7.15. The van der Waals surface area contributed by atoms with Gasteiger partial charge in [-0.2, -0.15) is 0 Å². The number of aliphatic carboxylic acids is 1. The Morgan fingerprint density at radius 1 is 1.06 bits per heavy atom. The first kappa shape index (κ1) is 9.82. The molecule has 0 saturated heterocycles. The van der Waals surface area contributed by atoms with Crippen molar-refractivity contribution in [1.82, 2.24) is 5.32 Å². The van der Waals surface area contributed by atoms with Gasteiger partial charge < -0.3 is 10.4 Å². The number of carbonyl (C=O) groups excluding carboxylic acids is 1. The predicted molar refractivity (Wildman–Crippen MR) is 61.3 cm³/mol. The van der Waals surface area contributed by atoms with Gasteiger partial charge in [0.15, 0.2) is 0 Å². The fourth-order valence-electron chi connectivity index (χ4n) is 7.39. The van der Waals surface area contributed by atoms with Crippen LogP contribution in [0.4, 0.5) is 0 Å². The van der Waals surface area contributed by atoms with E-state index in [1.54, 1.807) is 0 Å². The van der Waals surface area contributed by atoms with Crippen LogP contribution in [0.2, 0.25) is 0 Å². The lowest BCUT2D eigenvalue weighted by Crippen LogP contribution is -2.67. The first-order chi connectivity index (χ1) is 8.57. The highest BCUT2D eigenvalue weighted by Crippen LogP contribution is 2.85. The van der Waals surface area contributed by atoms with Crippen LogP contribution >= 0.6 is 0 Å². The van der Waals surface area contributed by atoms with Gasteiger partial charge >= 0.3 is 5.97 Å². The second kappa shape index (κ2) is 2.47. The third-order valence-corrected chi connectivity index (χ3v) is 7.15. The summed E-state index contributed by atoms with van der Waals surface area (Å²) in [5.41, 5.74) is -0.906. The zero-order chi connectivity index (χ0) is 12.4. The zero-order valence-corrected chi connectivity index (χ0v) is 10.3. The molecule has 0 aromatic rings. The Morgan fingerprint density at radius 3 is 2.39 bits per heavy atom. The lowest BCUT2D eigenvalue weighted by atomic mass is 9.55.